The van der Waals surface area contributed by atoms with Crippen LogP contribution in [0.2, 0.25) is 0 Å². The second-order valence-electron chi connectivity index (χ2n) is 18.4. The Balaban J connectivity index is 1.06. The van der Waals surface area contributed by atoms with Crippen LogP contribution < -0.4 is 21.4 Å². The molecule has 63 heavy (non-hydrogen) atoms. The van der Waals surface area contributed by atoms with E-state index in [4.69, 9.17) is 0 Å². The number of nitrogens with one attached hydrogen (secondary N) is 4. The van der Waals surface area contributed by atoms with Gasteiger partial charge in [0.25, 0.3) is 0 Å². The summed E-state index contributed by atoms with van der Waals surface area (Å²) in [7, 11) is 3.17. The third-order valence-corrected chi connectivity index (χ3v) is 15.7. The quantitative estimate of drug-likeness (QED) is 0.244. The Bertz CT molecular complexity index is 2050. The SMILES string of the molecule is CNN(C)C(=O)N[C@H]1CCS[C@H]2CC(C)(C)[C@@H](C(=O)C[C@H](C(=O)N3CCN(C(=O)[C@@H](NC(=O)[C@H]4N5C(=O)NCCS[C@H]5CC4(C)C)c4ccccc4)CC3)c3ccccc3)N2C1=O. The monoisotopic (exact) mass is 903 g/mol. The summed E-state index contributed by atoms with van der Waals surface area (Å²) in [6, 6.07) is 14.1. The van der Waals surface area contributed by atoms with E-state index in [2.05, 4.69) is 21.4 Å². The number of hydrazine groups is 1. The third-order valence-electron chi connectivity index (χ3n) is 13.2. The van der Waals surface area contributed by atoms with Crippen LogP contribution in [0.4, 0.5) is 9.59 Å². The smallest absolute Gasteiger partial charge is 0.332 e. The molecule has 5 aliphatic heterocycles. The van der Waals surface area contributed by atoms with Crippen molar-refractivity contribution >= 4 is 65.0 Å². The van der Waals surface area contributed by atoms with Crippen molar-refractivity contribution in [3.05, 3.63) is 71.8 Å². The minimum Gasteiger partial charge on any atom is -0.339 e. The molecule has 340 valence electrons. The second kappa shape index (κ2) is 19.1. The number of Topliss-reactive ketones (excluding diaryl/α,β-unsaturated/α-hetero) is 1. The van der Waals surface area contributed by atoms with Crippen molar-refractivity contribution in [1.82, 2.24) is 46.0 Å². The van der Waals surface area contributed by atoms with Crippen LogP contribution in [0.5, 0.6) is 0 Å². The molecule has 16 nitrogen and oxygen atoms in total. The number of ketones is 1. The van der Waals surface area contributed by atoms with Gasteiger partial charge in [-0.3, -0.25) is 29.0 Å². The number of piperazine rings is 1. The van der Waals surface area contributed by atoms with Crippen molar-refractivity contribution < 1.29 is 33.6 Å². The van der Waals surface area contributed by atoms with E-state index in [0.29, 0.717) is 42.7 Å². The van der Waals surface area contributed by atoms with Crippen molar-refractivity contribution in [2.24, 2.45) is 10.8 Å². The topological polar surface area (TPSA) is 184 Å². The maximum atomic E-state index is 14.7. The second-order valence-corrected chi connectivity index (χ2v) is 21.0. The highest BCUT2D eigenvalue weighted by Gasteiger charge is 2.56. The Hall–Kier alpha value is -4.81. The van der Waals surface area contributed by atoms with Gasteiger partial charge in [0.2, 0.25) is 23.6 Å². The largest absolute Gasteiger partial charge is 0.339 e. The summed E-state index contributed by atoms with van der Waals surface area (Å²) >= 11 is 3.26. The number of hydrogen-bond donors (Lipinski definition) is 4. The van der Waals surface area contributed by atoms with Crippen LogP contribution in [0, 0.1) is 10.8 Å². The fraction of sp³-hybridized carbons (Fsp3) is 0.578. The van der Waals surface area contributed by atoms with Crippen molar-refractivity contribution in [3.63, 3.8) is 0 Å². The van der Waals surface area contributed by atoms with Crippen LogP contribution in [0.3, 0.4) is 0 Å². The number of fused-ring (bicyclic) bond motifs is 2. The van der Waals surface area contributed by atoms with E-state index < -0.39 is 52.9 Å². The fourth-order valence-corrected chi connectivity index (χ4v) is 12.9. The van der Waals surface area contributed by atoms with Gasteiger partial charge in [-0.15, -0.1) is 23.5 Å². The summed E-state index contributed by atoms with van der Waals surface area (Å²) in [4.78, 5) is 105. The Morgan fingerprint density at radius 2 is 1.33 bits per heavy atom. The van der Waals surface area contributed by atoms with Crippen LogP contribution in [-0.2, 0) is 24.0 Å². The van der Waals surface area contributed by atoms with Crippen LogP contribution >= 0.6 is 23.5 Å². The summed E-state index contributed by atoms with van der Waals surface area (Å²) in [6.45, 7) is 9.27. The zero-order valence-corrected chi connectivity index (χ0v) is 38.6. The number of thioether (sulfide) groups is 2. The van der Waals surface area contributed by atoms with Gasteiger partial charge >= 0.3 is 12.1 Å². The van der Waals surface area contributed by atoms with Gasteiger partial charge < -0.3 is 35.6 Å². The molecule has 4 N–H and O–H groups in total. The summed E-state index contributed by atoms with van der Waals surface area (Å²) in [5, 5.41) is 9.65. The zero-order valence-electron chi connectivity index (χ0n) is 37.0. The summed E-state index contributed by atoms with van der Waals surface area (Å²) < 4.78 is 0. The van der Waals surface area contributed by atoms with Gasteiger partial charge in [-0.2, -0.15) is 0 Å². The molecule has 0 radical (unpaired) electrons. The number of rotatable bonds is 11. The highest BCUT2D eigenvalue weighted by atomic mass is 32.2. The van der Waals surface area contributed by atoms with E-state index in [1.807, 2.05) is 76.2 Å². The van der Waals surface area contributed by atoms with E-state index in [9.17, 15) is 33.6 Å². The Morgan fingerprint density at radius 3 is 1.95 bits per heavy atom. The Morgan fingerprint density at radius 1 is 0.778 bits per heavy atom. The van der Waals surface area contributed by atoms with Gasteiger partial charge in [-0.1, -0.05) is 88.4 Å². The van der Waals surface area contributed by atoms with E-state index >= 15 is 0 Å². The third kappa shape index (κ3) is 9.67. The van der Waals surface area contributed by atoms with Crippen molar-refractivity contribution in [2.75, 3.05) is 58.3 Å². The molecule has 0 saturated carbocycles. The first-order valence-corrected chi connectivity index (χ1v) is 24.0. The molecular formula is C45H61N9O7S2. The molecule has 0 bridgehead atoms. The van der Waals surface area contributed by atoms with Crippen molar-refractivity contribution in [3.8, 4) is 0 Å². The lowest BCUT2D eigenvalue weighted by molar-refractivity contribution is -0.145. The number of hydrogen-bond acceptors (Lipinski definition) is 10. The molecule has 7 rings (SSSR count). The number of nitrogens with zero attached hydrogens (tertiary/aromatic N) is 5. The maximum absolute atomic E-state index is 14.7. The minimum atomic E-state index is -1.02. The lowest BCUT2D eigenvalue weighted by atomic mass is 9.79. The van der Waals surface area contributed by atoms with E-state index in [1.54, 1.807) is 69.4 Å². The van der Waals surface area contributed by atoms with Gasteiger partial charge in [0.15, 0.2) is 5.78 Å². The first-order valence-electron chi connectivity index (χ1n) is 21.9. The molecule has 0 unspecified atom stereocenters. The summed E-state index contributed by atoms with van der Waals surface area (Å²) in [5.74, 6) is -0.945. The Kier molecular flexibility index (Phi) is 14.0. The minimum absolute atomic E-state index is 0.134. The van der Waals surface area contributed by atoms with Crippen LogP contribution in [0.25, 0.3) is 0 Å². The first-order chi connectivity index (χ1) is 30.0. The molecule has 5 aliphatic rings. The van der Waals surface area contributed by atoms with Crippen molar-refractivity contribution in [2.45, 2.75) is 94.2 Å². The average molecular weight is 904 g/mol. The number of carbonyl (C=O) groups excluding carboxylic acids is 7. The van der Waals surface area contributed by atoms with Crippen molar-refractivity contribution in [1.29, 1.82) is 0 Å². The van der Waals surface area contributed by atoms with Gasteiger partial charge in [0.1, 0.15) is 18.1 Å². The first kappa shape index (κ1) is 46.2. The molecule has 5 fully saturated rings. The normalized spacial score (nSPS) is 26.3. The van der Waals surface area contributed by atoms with Gasteiger partial charge in [0.05, 0.1) is 22.7 Å². The fourth-order valence-electron chi connectivity index (χ4n) is 9.87. The van der Waals surface area contributed by atoms with E-state index in [-0.39, 0.29) is 72.9 Å². The lowest BCUT2D eigenvalue weighted by Crippen LogP contribution is -2.58. The van der Waals surface area contributed by atoms with Crippen LogP contribution in [0.15, 0.2) is 60.7 Å². The lowest BCUT2D eigenvalue weighted by Gasteiger charge is -2.39. The molecular weight excluding hydrogens is 843 g/mol. The maximum Gasteiger partial charge on any atom is 0.332 e. The van der Waals surface area contributed by atoms with Gasteiger partial charge in [-0.05, 0) is 47.0 Å². The van der Waals surface area contributed by atoms with Crippen LogP contribution in [0.1, 0.15) is 76.5 Å². The predicted molar refractivity (Wildman–Crippen MR) is 242 cm³/mol. The molecule has 5 saturated heterocycles. The van der Waals surface area contributed by atoms with Gasteiger partial charge in [-0.25, -0.2) is 15.0 Å². The average Bonchev–Trinajstić information content (AvgIpc) is 3.57. The number of urea groups is 2. The molecule has 0 spiro atoms. The highest BCUT2D eigenvalue weighted by molar-refractivity contribution is 8.00. The Labute approximate surface area is 378 Å². The molecule has 5 heterocycles. The summed E-state index contributed by atoms with van der Waals surface area (Å²) in [6.07, 6.45) is 1.52. The molecule has 8 amide bonds. The predicted octanol–water partition coefficient (Wildman–Crippen LogP) is 3.38. The summed E-state index contributed by atoms with van der Waals surface area (Å²) in [5.41, 5.74) is 2.91. The van der Waals surface area contributed by atoms with Crippen LogP contribution in [-0.4, -0.2) is 153 Å². The molecule has 18 heteroatoms. The van der Waals surface area contributed by atoms with Gasteiger partial charge in [0, 0.05) is 59.0 Å². The molecule has 7 atom stereocenters. The molecule has 2 aromatic rings. The standard InChI is InChI=1S/C45H61N9O7S2/c1-44(2)26-33-53(40(58)31(17-23-62-33)48-43(61)50(6)46-5)36(44)32(55)25-30(28-13-9-7-10-14-28)39(57)51-19-21-52(22-20-51)41(59)35(29-15-11-8-12-16-29)49-38(56)37-45(3,4)27-34-54(37)42(60)47-18-24-63-34/h7-16,30-31,33-37,46H,17-27H2,1-6H3,(H,47,60)(H,48,61)(H,49,56)/t30-,31-,33-,34-,35-,36+,37+/m0/s1. The number of benzene rings is 2. The number of amides is 8. The van der Waals surface area contributed by atoms with E-state index in [0.717, 1.165) is 5.75 Å². The molecule has 0 aliphatic carbocycles. The number of carbonyl (C=O) groups is 7. The zero-order chi connectivity index (χ0) is 45.2. The highest BCUT2D eigenvalue weighted by Crippen LogP contribution is 2.48. The molecule has 2 aromatic carbocycles. The van der Waals surface area contributed by atoms with E-state index in [1.165, 1.54) is 5.01 Å². The molecule has 0 aromatic heterocycles.